The number of ether oxygens (including phenoxy) is 2. The molecule has 0 heterocycles. The van der Waals surface area contributed by atoms with Crippen molar-refractivity contribution in [3.63, 3.8) is 0 Å². The van der Waals surface area contributed by atoms with Gasteiger partial charge in [-0.15, -0.1) is 0 Å². The molecule has 1 unspecified atom stereocenters. The third kappa shape index (κ3) is 44.3. The maximum Gasteiger partial charge on any atom is 0.472 e. The Kier molecular flexibility index (Phi) is 40.2. The molecule has 0 aliphatic carbocycles. The molecule has 0 saturated carbocycles. The Bertz CT molecular complexity index is 1000. The standard InChI is InChI=1S/C48H94NO8P/c1-6-8-10-12-14-16-18-20-22-23-24-25-27-28-30-32-34-36-38-40-47(50)54-44-46(45-56-58(52,53)55-43-42-49(3,4)5)57-48(51)41-39-37-35-33-31-29-26-21-19-17-15-13-11-9-7-2/h13,15,46H,6-12,14,16-45H2,1-5H3/p+1/b15-13+/t46-/m1/s1. The summed E-state index contributed by atoms with van der Waals surface area (Å²) < 4.78 is 34.4. The highest BCUT2D eigenvalue weighted by Crippen LogP contribution is 2.43. The molecule has 0 amide bonds. The highest BCUT2D eigenvalue weighted by Gasteiger charge is 2.27. The minimum atomic E-state index is -4.37. The molecule has 0 bridgehead atoms. The molecule has 0 aliphatic rings. The Morgan fingerprint density at radius 1 is 0.517 bits per heavy atom. The molecule has 0 aromatic carbocycles. The molecule has 0 saturated heterocycles. The zero-order valence-corrected chi connectivity index (χ0v) is 39.7. The lowest BCUT2D eigenvalue weighted by Crippen LogP contribution is -2.37. The van der Waals surface area contributed by atoms with Crippen molar-refractivity contribution in [2.45, 2.75) is 238 Å². The number of esters is 2. The van der Waals surface area contributed by atoms with Gasteiger partial charge in [0.05, 0.1) is 27.7 Å². The molecular formula is C48H95NO8P+. The number of hydrogen-bond donors (Lipinski definition) is 1. The molecule has 10 heteroatoms. The topological polar surface area (TPSA) is 108 Å². The fourth-order valence-corrected chi connectivity index (χ4v) is 7.68. The van der Waals surface area contributed by atoms with E-state index in [1.54, 1.807) is 0 Å². The van der Waals surface area contributed by atoms with E-state index in [-0.39, 0.29) is 25.6 Å². The normalized spacial score (nSPS) is 13.6. The van der Waals surface area contributed by atoms with Crippen molar-refractivity contribution < 1.29 is 42.1 Å². The fraction of sp³-hybridized carbons (Fsp3) is 0.917. The van der Waals surface area contributed by atoms with Crippen molar-refractivity contribution in [2.24, 2.45) is 0 Å². The number of carbonyl (C=O) groups is 2. The average Bonchev–Trinajstić information content (AvgIpc) is 3.17. The molecule has 0 spiro atoms. The van der Waals surface area contributed by atoms with Gasteiger partial charge in [-0.1, -0.05) is 199 Å². The van der Waals surface area contributed by atoms with Gasteiger partial charge < -0.3 is 18.9 Å². The third-order valence-electron chi connectivity index (χ3n) is 10.8. The lowest BCUT2D eigenvalue weighted by molar-refractivity contribution is -0.870. The first kappa shape index (κ1) is 56.8. The van der Waals surface area contributed by atoms with Crippen LogP contribution in [0.4, 0.5) is 0 Å². The van der Waals surface area contributed by atoms with E-state index in [2.05, 4.69) is 26.0 Å². The van der Waals surface area contributed by atoms with Crippen LogP contribution in [-0.4, -0.2) is 74.9 Å². The Morgan fingerprint density at radius 2 is 0.897 bits per heavy atom. The van der Waals surface area contributed by atoms with E-state index in [0.29, 0.717) is 23.9 Å². The number of unbranched alkanes of at least 4 members (excludes halogenated alkanes) is 29. The van der Waals surface area contributed by atoms with Crippen molar-refractivity contribution in [3.05, 3.63) is 12.2 Å². The zero-order chi connectivity index (χ0) is 42.8. The highest BCUT2D eigenvalue weighted by atomic mass is 31.2. The molecule has 0 aromatic rings. The number of nitrogens with zero attached hydrogens (tertiary/aromatic N) is 1. The number of phosphoric acid groups is 1. The van der Waals surface area contributed by atoms with Crippen molar-refractivity contribution in [1.82, 2.24) is 0 Å². The summed E-state index contributed by atoms with van der Waals surface area (Å²) in [5.41, 5.74) is 0. The Hall–Kier alpha value is -1.25. The summed E-state index contributed by atoms with van der Waals surface area (Å²) in [5, 5.41) is 0. The molecule has 0 rings (SSSR count). The zero-order valence-electron chi connectivity index (χ0n) is 38.8. The van der Waals surface area contributed by atoms with Crippen LogP contribution in [0.2, 0.25) is 0 Å². The Morgan fingerprint density at radius 3 is 1.33 bits per heavy atom. The van der Waals surface area contributed by atoms with Gasteiger partial charge >= 0.3 is 19.8 Å². The number of likely N-dealkylation sites (N-methyl/N-ethyl adjacent to an activating group) is 1. The van der Waals surface area contributed by atoms with Crippen LogP contribution in [0.3, 0.4) is 0 Å². The molecule has 1 N–H and O–H groups in total. The average molecular weight is 845 g/mol. The number of carbonyl (C=O) groups excluding carboxylic acids is 2. The summed E-state index contributed by atoms with van der Waals surface area (Å²) >= 11 is 0. The first-order valence-electron chi connectivity index (χ1n) is 24.4. The van der Waals surface area contributed by atoms with Crippen molar-refractivity contribution in [2.75, 3.05) is 47.5 Å². The van der Waals surface area contributed by atoms with Crippen LogP contribution >= 0.6 is 7.82 Å². The Labute approximate surface area is 358 Å². The van der Waals surface area contributed by atoms with Crippen LogP contribution in [0, 0.1) is 0 Å². The minimum absolute atomic E-state index is 0.0347. The summed E-state index contributed by atoms with van der Waals surface area (Å²) in [6, 6.07) is 0. The first-order valence-corrected chi connectivity index (χ1v) is 25.9. The molecule has 9 nitrogen and oxygen atoms in total. The van der Waals surface area contributed by atoms with Gasteiger partial charge in [0, 0.05) is 12.8 Å². The largest absolute Gasteiger partial charge is 0.472 e. The van der Waals surface area contributed by atoms with Crippen molar-refractivity contribution >= 4 is 19.8 Å². The molecule has 58 heavy (non-hydrogen) atoms. The van der Waals surface area contributed by atoms with Gasteiger partial charge in [0.1, 0.15) is 19.8 Å². The second-order valence-electron chi connectivity index (χ2n) is 17.9. The van der Waals surface area contributed by atoms with E-state index >= 15 is 0 Å². The highest BCUT2D eigenvalue weighted by molar-refractivity contribution is 7.47. The second kappa shape index (κ2) is 41.1. The van der Waals surface area contributed by atoms with Gasteiger partial charge in [-0.2, -0.15) is 0 Å². The molecule has 344 valence electrons. The molecule has 0 aromatic heterocycles. The van der Waals surface area contributed by atoms with Gasteiger partial charge in [0.25, 0.3) is 0 Å². The van der Waals surface area contributed by atoms with Gasteiger partial charge in [0.15, 0.2) is 6.10 Å². The summed E-state index contributed by atoms with van der Waals surface area (Å²) in [6.45, 7) is 4.43. The summed E-state index contributed by atoms with van der Waals surface area (Å²) in [4.78, 5) is 35.5. The van der Waals surface area contributed by atoms with Gasteiger partial charge in [-0.05, 0) is 32.1 Å². The van der Waals surface area contributed by atoms with Crippen LogP contribution in [0.1, 0.15) is 232 Å². The lowest BCUT2D eigenvalue weighted by atomic mass is 10.0. The smallest absolute Gasteiger partial charge is 0.462 e. The summed E-state index contributed by atoms with van der Waals surface area (Å²) in [6.07, 6.45) is 44.0. The minimum Gasteiger partial charge on any atom is -0.462 e. The van der Waals surface area contributed by atoms with E-state index in [0.717, 1.165) is 38.5 Å². The van der Waals surface area contributed by atoms with E-state index in [1.165, 1.54) is 161 Å². The van der Waals surface area contributed by atoms with E-state index in [1.807, 2.05) is 21.1 Å². The number of hydrogen-bond acceptors (Lipinski definition) is 7. The second-order valence-corrected chi connectivity index (χ2v) is 19.3. The van der Waals surface area contributed by atoms with Gasteiger partial charge in [0.2, 0.25) is 0 Å². The molecule has 0 fully saturated rings. The molecule has 0 aliphatic heterocycles. The van der Waals surface area contributed by atoms with Gasteiger partial charge in [-0.25, -0.2) is 4.57 Å². The van der Waals surface area contributed by atoms with Crippen LogP contribution in [-0.2, 0) is 32.7 Å². The molecule has 2 atom stereocenters. The number of allylic oxidation sites excluding steroid dienone is 2. The number of phosphoric ester groups is 1. The number of quaternary nitrogens is 1. The van der Waals surface area contributed by atoms with Gasteiger partial charge in [-0.3, -0.25) is 18.6 Å². The first-order chi connectivity index (χ1) is 28.0. The molecule has 0 radical (unpaired) electrons. The van der Waals surface area contributed by atoms with Crippen molar-refractivity contribution in [3.8, 4) is 0 Å². The lowest BCUT2D eigenvalue weighted by Gasteiger charge is -2.24. The fourth-order valence-electron chi connectivity index (χ4n) is 6.94. The quantitative estimate of drug-likeness (QED) is 0.0212. The summed E-state index contributed by atoms with van der Waals surface area (Å²) in [7, 11) is 1.49. The van der Waals surface area contributed by atoms with Crippen LogP contribution in [0.25, 0.3) is 0 Å². The van der Waals surface area contributed by atoms with E-state index in [4.69, 9.17) is 18.5 Å². The third-order valence-corrected chi connectivity index (χ3v) is 11.8. The maximum absolute atomic E-state index is 12.7. The predicted octanol–water partition coefficient (Wildman–Crippen LogP) is 14.1. The van der Waals surface area contributed by atoms with Crippen LogP contribution in [0.15, 0.2) is 12.2 Å². The SMILES string of the molecule is CCCC/C=C/CCCCCCCCCCCC(=O)O[C@H](COC(=O)CCCCCCCCCCCCCCCCCCCCC)COP(=O)(O)OCC[N+](C)(C)C. The maximum atomic E-state index is 12.7. The summed E-state index contributed by atoms with van der Waals surface area (Å²) in [5.74, 6) is -0.787. The van der Waals surface area contributed by atoms with E-state index < -0.39 is 26.5 Å². The van der Waals surface area contributed by atoms with Crippen molar-refractivity contribution in [1.29, 1.82) is 0 Å². The predicted molar refractivity (Wildman–Crippen MR) is 243 cm³/mol. The molecular weight excluding hydrogens is 750 g/mol. The van der Waals surface area contributed by atoms with Crippen LogP contribution in [0.5, 0.6) is 0 Å². The monoisotopic (exact) mass is 845 g/mol. The number of rotatable bonds is 45. The Balaban J connectivity index is 4.23. The van der Waals surface area contributed by atoms with Crippen LogP contribution < -0.4 is 0 Å². The van der Waals surface area contributed by atoms with E-state index in [9.17, 15) is 19.0 Å².